The molecule has 0 bridgehead atoms. The molecule has 6 nitrogen and oxygen atoms in total. The number of ether oxygens (including phenoxy) is 2. The number of thioether (sulfide) groups is 1. The van der Waals surface area contributed by atoms with Gasteiger partial charge in [0.2, 0.25) is 0 Å². The first-order valence-electron chi connectivity index (χ1n) is 14.3. The van der Waals surface area contributed by atoms with E-state index in [1.807, 2.05) is 61.7 Å². The van der Waals surface area contributed by atoms with Crippen LogP contribution in [0.4, 0.5) is 5.69 Å². The number of carbonyl (C=O) groups is 2. The number of hydrogen-bond donors (Lipinski definition) is 1. The van der Waals surface area contributed by atoms with Gasteiger partial charge in [-0.15, -0.1) is 0 Å². The molecule has 1 unspecified atom stereocenters. The lowest BCUT2D eigenvalue weighted by Crippen LogP contribution is -2.42. The quantitative estimate of drug-likeness (QED) is 0.165. The summed E-state index contributed by atoms with van der Waals surface area (Å²) in [5.41, 5.74) is 7.93. The molecular formula is C36H40N2O4S. The monoisotopic (exact) mass is 596 g/mol. The molecule has 0 spiro atoms. The van der Waals surface area contributed by atoms with Crippen molar-refractivity contribution in [2.75, 3.05) is 31.1 Å². The van der Waals surface area contributed by atoms with Crippen LogP contribution in [0.5, 0.6) is 5.75 Å². The first-order valence-corrected chi connectivity index (χ1v) is 15.7. The Morgan fingerprint density at radius 1 is 0.837 bits per heavy atom. The fraction of sp³-hybridized carbons (Fsp3) is 0.278. The second kappa shape index (κ2) is 15.3. The number of esters is 1. The highest BCUT2D eigenvalue weighted by Gasteiger charge is 2.24. The van der Waals surface area contributed by atoms with Gasteiger partial charge in [-0.3, -0.25) is 4.79 Å². The topological polar surface area (TPSA) is 67.9 Å². The maximum absolute atomic E-state index is 13.7. The Balaban J connectivity index is 1.71. The lowest BCUT2D eigenvalue weighted by molar-refractivity contribution is -0.142. The largest absolute Gasteiger partial charge is 0.497 e. The molecule has 1 N–H and O–H groups in total. The number of nitrogens with zero attached hydrogens (tertiary/aromatic N) is 1. The van der Waals surface area contributed by atoms with Crippen molar-refractivity contribution in [3.8, 4) is 16.9 Å². The Labute approximate surface area is 259 Å². The zero-order chi connectivity index (χ0) is 30.8. The van der Waals surface area contributed by atoms with Gasteiger partial charge in [0, 0.05) is 24.3 Å². The van der Waals surface area contributed by atoms with Gasteiger partial charge in [-0.2, -0.15) is 11.8 Å². The zero-order valence-corrected chi connectivity index (χ0v) is 26.4. The van der Waals surface area contributed by atoms with Gasteiger partial charge < -0.3 is 19.7 Å². The van der Waals surface area contributed by atoms with E-state index in [2.05, 4.69) is 59.6 Å². The van der Waals surface area contributed by atoms with Crippen LogP contribution in [0.25, 0.3) is 11.1 Å². The third-order valence-electron chi connectivity index (χ3n) is 7.47. The summed E-state index contributed by atoms with van der Waals surface area (Å²) in [5, 5.41) is 2.93. The van der Waals surface area contributed by atoms with Crippen LogP contribution in [0.1, 0.15) is 39.0 Å². The summed E-state index contributed by atoms with van der Waals surface area (Å²) in [7, 11) is 3.02. The van der Waals surface area contributed by atoms with Crippen LogP contribution < -0.4 is 15.0 Å². The predicted molar refractivity (Wildman–Crippen MR) is 177 cm³/mol. The van der Waals surface area contributed by atoms with E-state index in [-0.39, 0.29) is 5.91 Å². The summed E-state index contributed by atoms with van der Waals surface area (Å²) in [6.07, 6.45) is 2.47. The Kier molecular flexibility index (Phi) is 11.3. The molecule has 4 rings (SSSR count). The van der Waals surface area contributed by atoms with E-state index in [0.717, 1.165) is 45.0 Å². The first-order chi connectivity index (χ1) is 20.8. The number of benzene rings is 4. The maximum atomic E-state index is 13.7. The molecular weight excluding hydrogens is 556 g/mol. The summed E-state index contributed by atoms with van der Waals surface area (Å²) >= 11 is 1.62. The normalized spacial score (nSPS) is 11.5. The van der Waals surface area contributed by atoms with Crippen molar-refractivity contribution in [3.63, 3.8) is 0 Å². The highest BCUT2D eigenvalue weighted by molar-refractivity contribution is 7.98. The summed E-state index contributed by atoms with van der Waals surface area (Å²) in [5.74, 6) is 0.816. The second-order valence-corrected chi connectivity index (χ2v) is 11.6. The first kappa shape index (κ1) is 31.7. The summed E-state index contributed by atoms with van der Waals surface area (Å²) in [6.45, 7) is 5.46. The molecule has 7 heteroatoms. The number of anilines is 1. The molecule has 0 heterocycles. The molecule has 1 amide bonds. The van der Waals surface area contributed by atoms with Crippen molar-refractivity contribution >= 4 is 29.3 Å². The van der Waals surface area contributed by atoms with Gasteiger partial charge in [0.1, 0.15) is 11.8 Å². The van der Waals surface area contributed by atoms with E-state index >= 15 is 0 Å². The zero-order valence-electron chi connectivity index (χ0n) is 25.6. The predicted octanol–water partition coefficient (Wildman–Crippen LogP) is 7.21. The van der Waals surface area contributed by atoms with Crippen LogP contribution in [0.3, 0.4) is 0 Å². The third kappa shape index (κ3) is 8.42. The number of methoxy groups -OCH3 is 2. The van der Waals surface area contributed by atoms with Crippen LogP contribution in [-0.2, 0) is 22.6 Å². The van der Waals surface area contributed by atoms with Gasteiger partial charge in [-0.1, -0.05) is 60.2 Å². The molecule has 0 aromatic heterocycles. The van der Waals surface area contributed by atoms with Crippen molar-refractivity contribution in [1.82, 2.24) is 5.32 Å². The van der Waals surface area contributed by atoms with E-state index in [9.17, 15) is 9.59 Å². The number of rotatable bonds is 13. The van der Waals surface area contributed by atoms with Gasteiger partial charge in [-0.05, 0) is 96.5 Å². The van der Waals surface area contributed by atoms with Gasteiger partial charge in [0.25, 0.3) is 5.91 Å². The molecule has 0 fully saturated rings. The SMILES string of the molecule is COC(=O)C(CCSC)NC(=O)c1ccc(CN(Cc2ccc(OC)cc2)c2ccc(C)cc2)cc1-c1ccccc1C. The van der Waals surface area contributed by atoms with Crippen LogP contribution in [0, 0.1) is 13.8 Å². The summed E-state index contributed by atoms with van der Waals surface area (Å²) < 4.78 is 10.3. The second-order valence-electron chi connectivity index (χ2n) is 10.6. The molecule has 1 atom stereocenters. The van der Waals surface area contributed by atoms with Crippen LogP contribution >= 0.6 is 11.8 Å². The average molecular weight is 597 g/mol. The van der Waals surface area contributed by atoms with Gasteiger partial charge in [-0.25, -0.2) is 4.79 Å². The molecule has 0 aliphatic heterocycles. The minimum atomic E-state index is -0.712. The maximum Gasteiger partial charge on any atom is 0.328 e. The molecule has 0 aliphatic rings. The Morgan fingerprint density at radius 2 is 1.51 bits per heavy atom. The van der Waals surface area contributed by atoms with Gasteiger partial charge >= 0.3 is 5.97 Å². The molecule has 0 saturated heterocycles. The summed E-state index contributed by atoms with van der Waals surface area (Å²) in [4.78, 5) is 28.5. The number of aryl methyl sites for hydroxylation is 2. The minimum Gasteiger partial charge on any atom is -0.497 e. The van der Waals surface area contributed by atoms with Crippen molar-refractivity contribution in [3.05, 3.63) is 119 Å². The summed E-state index contributed by atoms with van der Waals surface area (Å²) in [6, 6.07) is 30.0. The van der Waals surface area contributed by atoms with E-state index in [4.69, 9.17) is 9.47 Å². The van der Waals surface area contributed by atoms with E-state index < -0.39 is 12.0 Å². The Morgan fingerprint density at radius 3 is 2.16 bits per heavy atom. The van der Waals surface area contributed by atoms with Crippen LogP contribution in [-0.4, -0.2) is 44.1 Å². The van der Waals surface area contributed by atoms with Crippen molar-refractivity contribution in [2.24, 2.45) is 0 Å². The molecule has 0 aliphatic carbocycles. The van der Waals surface area contributed by atoms with E-state index in [0.29, 0.717) is 25.1 Å². The lowest BCUT2D eigenvalue weighted by atomic mass is 9.93. The highest BCUT2D eigenvalue weighted by Crippen LogP contribution is 2.30. The third-order valence-corrected chi connectivity index (χ3v) is 8.11. The van der Waals surface area contributed by atoms with Crippen molar-refractivity contribution < 1.29 is 19.1 Å². The number of hydrogen-bond acceptors (Lipinski definition) is 6. The van der Waals surface area contributed by atoms with Crippen molar-refractivity contribution in [2.45, 2.75) is 39.4 Å². The van der Waals surface area contributed by atoms with E-state index in [1.54, 1.807) is 18.9 Å². The number of amides is 1. The van der Waals surface area contributed by atoms with E-state index in [1.165, 1.54) is 12.7 Å². The highest BCUT2D eigenvalue weighted by atomic mass is 32.2. The average Bonchev–Trinajstić information content (AvgIpc) is 3.03. The van der Waals surface area contributed by atoms with Gasteiger partial charge in [0.05, 0.1) is 14.2 Å². The lowest BCUT2D eigenvalue weighted by Gasteiger charge is -2.26. The Hall–Kier alpha value is -4.23. The standard InChI is InChI=1S/C36H40N2O4S/c1-25-10-15-29(16-11-25)38(23-27-12-17-30(41-3)18-13-27)24-28-14-19-32(33(22-28)31-9-7-6-8-26(31)2)35(39)37-34(20-21-43-5)36(40)42-4/h6-19,22,34H,20-21,23-24H2,1-5H3,(H,37,39). The van der Waals surface area contributed by atoms with Crippen LogP contribution in [0.2, 0.25) is 0 Å². The number of nitrogens with one attached hydrogen (secondary N) is 1. The van der Waals surface area contributed by atoms with Gasteiger partial charge in [0.15, 0.2) is 0 Å². The van der Waals surface area contributed by atoms with Crippen LogP contribution in [0.15, 0.2) is 91.0 Å². The molecule has 43 heavy (non-hydrogen) atoms. The van der Waals surface area contributed by atoms with Crippen molar-refractivity contribution in [1.29, 1.82) is 0 Å². The molecule has 0 radical (unpaired) electrons. The molecule has 4 aromatic rings. The molecule has 0 saturated carbocycles. The number of carbonyl (C=O) groups excluding carboxylic acids is 2. The fourth-order valence-corrected chi connectivity index (χ4v) is 5.49. The minimum absolute atomic E-state index is 0.296. The molecule has 4 aromatic carbocycles. The smallest absolute Gasteiger partial charge is 0.328 e. The Bertz CT molecular complexity index is 1520. The fourth-order valence-electron chi connectivity index (χ4n) is 5.01. The molecule has 224 valence electrons.